The maximum atomic E-state index is 14.7. The van der Waals surface area contributed by atoms with Gasteiger partial charge >= 0.3 is 12.1 Å². The molecule has 258 valence electrons. The maximum Gasteiger partial charge on any atom is 0.407 e. The van der Waals surface area contributed by atoms with Crippen molar-refractivity contribution < 1.29 is 48.1 Å². The number of ether oxygens (including phenoxy) is 1. The van der Waals surface area contributed by atoms with Crippen LogP contribution < -0.4 is 15.4 Å². The maximum absolute atomic E-state index is 14.7. The summed E-state index contributed by atoms with van der Waals surface area (Å²) in [5, 5.41) is 24.3. The largest absolute Gasteiger partial charge is 0.483 e. The second-order valence-corrected chi connectivity index (χ2v) is 12.3. The van der Waals surface area contributed by atoms with E-state index in [1.807, 2.05) is 0 Å². The molecule has 3 heterocycles. The van der Waals surface area contributed by atoms with Gasteiger partial charge in [0.05, 0.1) is 5.52 Å². The molecule has 2 aromatic rings. The molecule has 2 saturated heterocycles. The molecule has 1 saturated carbocycles. The summed E-state index contributed by atoms with van der Waals surface area (Å²) in [5.74, 6) is -3.82. The van der Waals surface area contributed by atoms with Gasteiger partial charge in [-0.2, -0.15) is 0 Å². The van der Waals surface area contributed by atoms with E-state index in [9.17, 15) is 43.4 Å². The number of pyridine rings is 1. The lowest BCUT2D eigenvalue weighted by Gasteiger charge is -2.35. The van der Waals surface area contributed by atoms with E-state index in [1.54, 1.807) is 0 Å². The number of nitrogens with zero attached hydrogens (tertiary/aromatic N) is 4. The van der Waals surface area contributed by atoms with Crippen molar-refractivity contribution in [2.75, 3.05) is 39.3 Å². The number of benzene rings is 1. The molecule has 5 amide bonds. The molecule has 5 rings (SSSR count). The second-order valence-electron chi connectivity index (χ2n) is 12.3. The Morgan fingerprint density at radius 1 is 1.00 bits per heavy atom. The van der Waals surface area contributed by atoms with Crippen LogP contribution in [0.4, 0.5) is 9.18 Å². The number of hydrogen-bond acceptors (Lipinski definition) is 8. The van der Waals surface area contributed by atoms with Crippen molar-refractivity contribution in [1.82, 2.24) is 30.3 Å². The van der Waals surface area contributed by atoms with Crippen LogP contribution in [0.15, 0.2) is 18.2 Å². The third kappa shape index (κ3) is 7.74. The van der Waals surface area contributed by atoms with E-state index in [0.29, 0.717) is 19.4 Å². The standard InChI is InChI=1S/C32H39FN6O9/c1-18-20(33)7-8-21-28(18)25(48-17-26(40)39-11-3-6-24(39)30(44)34-19-4-2-5-19)16-23(35-21)29(43)36-22(9-10-27(41)42)31(45)37-12-14-38(15-13-37)32(46)47/h7-8,16,19,22,24H,2-6,9-15,17H2,1H3,(H,34,44)(H,36,43)(H,41,42)(H,46,47)/t22-,24-/m0/s1. The number of carboxylic acids is 1. The summed E-state index contributed by atoms with van der Waals surface area (Å²) in [6.07, 6.45) is 2.26. The number of carboxylic acid groups (broad SMARTS) is 2. The Kier molecular flexibility index (Phi) is 10.6. The number of carbonyl (C=O) groups is 6. The van der Waals surface area contributed by atoms with Gasteiger partial charge in [-0.1, -0.05) is 0 Å². The molecule has 0 bridgehead atoms. The van der Waals surface area contributed by atoms with Gasteiger partial charge < -0.3 is 40.3 Å². The van der Waals surface area contributed by atoms with Crippen molar-refractivity contribution in [1.29, 1.82) is 0 Å². The molecule has 0 spiro atoms. The minimum absolute atomic E-state index is 0.0108. The topological polar surface area (TPSA) is 199 Å². The van der Waals surface area contributed by atoms with Gasteiger partial charge in [-0.3, -0.25) is 24.0 Å². The number of halogens is 1. The Hall–Kier alpha value is -5.02. The highest BCUT2D eigenvalue weighted by atomic mass is 19.1. The van der Waals surface area contributed by atoms with E-state index in [-0.39, 0.29) is 72.5 Å². The van der Waals surface area contributed by atoms with Gasteiger partial charge in [-0.25, -0.2) is 14.2 Å². The molecule has 0 unspecified atom stereocenters. The number of aliphatic carboxylic acids is 1. The average Bonchev–Trinajstić information content (AvgIpc) is 3.55. The highest BCUT2D eigenvalue weighted by Gasteiger charge is 2.36. The van der Waals surface area contributed by atoms with E-state index in [1.165, 1.54) is 34.9 Å². The second kappa shape index (κ2) is 14.8. The van der Waals surface area contributed by atoms with Gasteiger partial charge in [0.25, 0.3) is 11.8 Å². The number of carbonyl (C=O) groups excluding carboxylic acids is 4. The number of hydrogen-bond donors (Lipinski definition) is 4. The summed E-state index contributed by atoms with van der Waals surface area (Å²) < 4.78 is 20.6. The van der Waals surface area contributed by atoms with Crippen LogP contribution in [0.2, 0.25) is 0 Å². The van der Waals surface area contributed by atoms with Crippen LogP contribution in [-0.2, 0) is 19.2 Å². The molecule has 1 aromatic carbocycles. The smallest absolute Gasteiger partial charge is 0.407 e. The zero-order chi connectivity index (χ0) is 34.5. The molecule has 3 fully saturated rings. The van der Waals surface area contributed by atoms with E-state index >= 15 is 0 Å². The lowest BCUT2D eigenvalue weighted by Crippen LogP contribution is -2.55. The molecule has 0 radical (unpaired) electrons. The first-order valence-corrected chi connectivity index (χ1v) is 16.0. The average molecular weight is 671 g/mol. The van der Waals surface area contributed by atoms with E-state index in [4.69, 9.17) is 4.74 Å². The summed E-state index contributed by atoms with van der Waals surface area (Å²) in [5.41, 5.74) is 0.128. The van der Waals surface area contributed by atoms with Gasteiger partial charge in [-0.15, -0.1) is 0 Å². The number of aromatic nitrogens is 1. The van der Waals surface area contributed by atoms with Crippen LogP contribution in [0.1, 0.15) is 61.0 Å². The third-order valence-electron chi connectivity index (χ3n) is 9.16. The van der Waals surface area contributed by atoms with Crippen molar-refractivity contribution >= 4 is 46.6 Å². The van der Waals surface area contributed by atoms with Gasteiger partial charge in [-0.05, 0) is 63.1 Å². The van der Waals surface area contributed by atoms with E-state index < -0.39 is 60.7 Å². The normalized spacial score (nSPS) is 18.6. The Morgan fingerprint density at radius 2 is 1.71 bits per heavy atom. The summed E-state index contributed by atoms with van der Waals surface area (Å²) >= 11 is 0. The molecular weight excluding hydrogens is 631 g/mol. The number of rotatable bonds is 11. The Bertz CT molecular complexity index is 1610. The van der Waals surface area contributed by atoms with Crippen molar-refractivity contribution in [2.24, 2.45) is 0 Å². The van der Waals surface area contributed by atoms with E-state index in [0.717, 1.165) is 24.2 Å². The first kappa shape index (κ1) is 34.3. The fourth-order valence-corrected chi connectivity index (χ4v) is 6.17. The minimum atomic E-state index is -1.26. The predicted molar refractivity (Wildman–Crippen MR) is 167 cm³/mol. The quantitative estimate of drug-likeness (QED) is 0.272. The molecule has 2 atom stereocenters. The minimum Gasteiger partial charge on any atom is -0.483 e. The van der Waals surface area contributed by atoms with E-state index in [2.05, 4.69) is 15.6 Å². The highest BCUT2D eigenvalue weighted by Crippen LogP contribution is 2.31. The lowest BCUT2D eigenvalue weighted by atomic mass is 9.93. The van der Waals surface area contributed by atoms with Crippen LogP contribution in [0.25, 0.3) is 10.9 Å². The SMILES string of the molecule is Cc1c(F)ccc2nc(C(=O)N[C@@H](CCC(=O)O)C(=O)N3CCN(C(=O)O)CC3)cc(OCC(=O)N3CCC[C@H]3C(=O)NC3CCC3)c12. The summed E-state index contributed by atoms with van der Waals surface area (Å²) in [6.45, 7) is 1.63. The molecule has 1 aromatic heterocycles. The van der Waals surface area contributed by atoms with Crippen LogP contribution >= 0.6 is 0 Å². The molecule has 48 heavy (non-hydrogen) atoms. The van der Waals surface area contributed by atoms with Gasteiger partial charge in [0, 0.05) is 56.6 Å². The fourth-order valence-electron chi connectivity index (χ4n) is 6.17. The number of amides is 5. The summed E-state index contributed by atoms with van der Waals surface area (Å²) in [7, 11) is 0. The molecule has 2 aliphatic heterocycles. The van der Waals surface area contributed by atoms with Gasteiger partial charge in [0.15, 0.2) is 6.61 Å². The number of aryl methyl sites for hydroxylation is 1. The number of likely N-dealkylation sites (tertiary alicyclic amines) is 1. The number of fused-ring (bicyclic) bond motifs is 1. The highest BCUT2D eigenvalue weighted by molar-refractivity contribution is 6.00. The lowest BCUT2D eigenvalue weighted by molar-refractivity contribution is -0.140. The van der Waals surface area contributed by atoms with Crippen LogP contribution in [0.5, 0.6) is 5.75 Å². The first-order chi connectivity index (χ1) is 22.9. The monoisotopic (exact) mass is 670 g/mol. The Balaban J connectivity index is 1.34. The number of piperazine rings is 1. The Morgan fingerprint density at radius 3 is 2.35 bits per heavy atom. The summed E-state index contributed by atoms with van der Waals surface area (Å²) in [6, 6.07) is 1.99. The zero-order valence-electron chi connectivity index (χ0n) is 26.6. The molecule has 1 aliphatic carbocycles. The predicted octanol–water partition coefficient (Wildman–Crippen LogP) is 1.51. The molecule has 3 aliphatic rings. The van der Waals surface area contributed by atoms with Gasteiger partial charge in [0.1, 0.15) is 29.3 Å². The van der Waals surface area contributed by atoms with Crippen LogP contribution in [0.3, 0.4) is 0 Å². The zero-order valence-corrected chi connectivity index (χ0v) is 26.6. The van der Waals surface area contributed by atoms with Gasteiger partial charge in [0.2, 0.25) is 11.8 Å². The Labute approximate surface area is 275 Å². The van der Waals surface area contributed by atoms with Crippen molar-refractivity contribution in [2.45, 2.75) is 70.0 Å². The third-order valence-corrected chi connectivity index (χ3v) is 9.16. The number of nitrogens with one attached hydrogen (secondary N) is 2. The van der Waals surface area contributed by atoms with Crippen LogP contribution in [-0.4, -0.2) is 123 Å². The first-order valence-electron chi connectivity index (χ1n) is 16.0. The molecule has 16 heteroatoms. The fraction of sp³-hybridized carbons (Fsp3) is 0.531. The van der Waals surface area contributed by atoms with Crippen molar-refractivity contribution in [3.05, 3.63) is 35.3 Å². The summed E-state index contributed by atoms with van der Waals surface area (Å²) in [4.78, 5) is 84.0. The van der Waals surface area contributed by atoms with Crippen molar-refractivity contribution in [3.63, 3.8) is 0 Å². The molecular formula is C32H39FN6O9. The van der Waals surface area contributed by atoms with Crippen molar-refractivity contribution in [3.8, 4) is 5.75 Å². The van der Waals surface area contributed by atoms with Crippen LogP contribution in [0, 0.1) is 12.7 Å². The molecule has 15 nitrogen and oxygen atoms in total. The molecule has 4 N–H and O–H groups in total.